The first kappa shape index (κ1) is 15.1. The van der Waals surface area contributed by atoms with Gasteiger partial charge in [0.1, 0.15) is 5.60 Å². The number of carbonyl (C=O) groups is 1. The first-order valence-electron chi connectivity index (χ1n) is 8.52. The fourth-order valence-electron chi connectivity index (χ4n) is 4.57. The highest BCUT2D eigenvalue weighted by atomic mass is 16.6. The van der Waals surface area contributed by atoms with E-state index in [0.29, 0.717) is 0 Å². The molecule has 0 aromatic carbocycles. The van der Waals surface area contributed by atoms with Crippen LogP contribution >= 0.6 is 0 Å². The Labute approximate surface area is 128 Å². The number of carbonyl (C=O) groups excluding carboxylic acids is 1. The van der Waals surface area contributed by atoms with E-state index in [0.717, 1.165) is 25.7 Å². The maximum absolute atomic E-state index is 12.4. The number of alkyl carbamates (subject to hydrolysis) is 1. The lowest BCUT2D eigenvalue weighted by molar-refractivity contribution is 0.0270. The summed E-state index contributed by atoms with van der Waals surface area (Å²) in [5, 5.41) is 3.30. The van der Waals surface area contributed by atoms with Crippen molar-refractivity contribution in [2.24, 2.45) is 11.1 Å². The number of nitrogens with two attached hydrogens (primary N) is 1. The minimum absolute atomic E-state index is 0.0284. The smallest absolute Gasteiger partial charge is 0.408 e. The van der Waals surface area contributed by atoms with Crippen LogP contribution in [0, 0.1) is 5.41 Å². The third kappa shape index (κ3) is 2.56. The Balaban J connectivity index is 1.80. The van der Waals surface area contributed by atoms with E-state index in [1.807, 2.05) is 20.8 Å². The largest absolute Gasteiger partial charge is 0.444 e. The summed E-state index contributed by atoms with van der Waals surface area (Å²) in [5.74, 6) is 0. The Morgan fingerprint density at radius 3 is 2.00 bits per heavy atom. The van der Waals surface area contributed by atoms with Crippen LogP contribution in [0.15, 0.2) is 0 Å². The van der Waals surface area contributed by atoms with E-state index >= 15 is 0 Å². The molecule has 4 heteroatoms. The van der Waals surface area contributed by atoms with Gasteiger partial charge in [-0.05, 0) is 59.3 Å². The molecular weight excluding hydrogens is 264 g/mol. The summed E-state index contributed by atoms with van der Waals surface area (Å²) >= 11 is 0. The van der Waals surface area contributed by atoms with Gasteiger partial charge in [0, 0.05) is 11.0 Å². The molecule has 0 aromatic rings. The highest BCUT2D eigenvalue weighted by molar-refractivity contribution is 5.69. The minimum Gasteiger partial charge on any atom is -0.444 e. The number of amides is 1. The quantitative estimate of drug-likeness (QED) is 0.837. The molecule has 3 fully saturated rings. The lowest BCUT2D eigenvalue weighted by Crippen LogP contribution is -2.62. The molecule has 0 spiro atoms. The van der Waals surface area contributed by atoms with Gasteiger partial charge in [0.2, 0.25) is 0 Å². The van der Waals surface area contributed by atoms with Gasteiger partial charge in [0.25, 0.3) is 0 Å². The third-order valence-electron chi connectivity index (χ3n) is 5.86. The molecule has 21 heavy (non-hydrogen) atoms. The number of nitrogens with one attached hydrogen (secondary N) is 1. The Kier molecular flexibility index (Phi) is 3.32. The third-order valence-corrected chi connectivity index (χ3v) is 5.86. The van der Waals surface area contributed by atoms with Gasteiger partial charge < -0.3 is 15.8 Å². The molecule has 0 saturated heterocycles. The van der Waals surface area contributed by atoms with Gasteiger partial charge in [0.15, 0.2) is 0 Å². The number of ether oxygens (including phenoxy) is 1. The molecule has 3 N–H and O–H groups in total. The molecule has 3 aliphatic carbocycles. The average molecular weight is 294 g/mol. The Morgan fingerprint density at radius 2 is 1.57 bits per heavy atom. The molecule has 0 unspecified atom stereocenters. The summed E-state index contributed by atoms with van der Waals surface area (Å²) in [4.78, 5) is 12.4. The average Bonchev–Trinajstić information content (AvgIpc) is 3.21. The van der Waals surface area contributed by atoms with Crippen molar-refractivity contribution in [3.63, 3.8) is 0 Å². The number of hydrogen-bond acceptors (Lipinski definition) is 3. The number of hydrogen-bond donors (Lipinski definition) is 2. The second kappa shape index (κ2) is 4.61. The van der Waals surface area contributed by atoms with Crippen LogP contribution in [-0.4, -0.2) is 22.8 Å². The van der Waals surface area contributed by atoms with Crippen molar-refractivity contribution >= 4 is 6.09 Å². The molecule has 3 aliphatic rings. The SMILES string of the molecule is CC(C)(C)OC(=O)NC1(C2(C3(N)CC3)CC2)CCCCC1. The van der Waals surface area contributed by atoms with E-state index in [2.05, 4.69) is 5.32 Å². The highest BCUT2D eigenvalue weighted by Crippen LogP contribution is 2.70. The molecule has 3 rings (SSSR count). The molecule has 0 aliphatic heterocycles. The van der Waals surface area contributed by atoms with E-state index in [4.69, 9.17) is 10.5 Å². The van der Waals surface area contributed by atoms with Crippen molar-refractivity contribution in [1.29, 1.82) is 0 Å². The van der Waals surface area contributed by atoms with Crippen LogP contribution in [0.4, 0.5) is 4.79 Å². The van der Waals surface area contributed by atoms with E-state index < -0.39 is 5.60 Å². The summed E-state index contributed by atoms with van der Waals surface area (Å²) in [6.45, 7) is 5.75. The molecule has 3 saturated carbocycles. The molecule has 120 valence electrons. The zero-order valence-electron chi connectivity index (χ0n) is 13.8. The molecule has 0 heterocycles. The Hall–Kier alpha value is -0.770. The second-order valence-electron chi connectivity index (χ2n) is 8.51. The van der Waals surface area contributed by atoms with Crippen LogP contribution in [0.3, 0.4) is 0 Å². The summed E-state index contributed by atoms with van der Waals surface area (Å²) in [7, 11) is 0. The summed E-state index contributed by atoms with van der Waals surface area (Å²) in [6, 6.07) is 0. The standard InChI is InChI=1S/C17H30N2O2/c1-14(2,3)21-13(20)19-17(7-5-4-6-8-17)15(9-10-15)16(18)11-12-16/h4-12,18H2,1-3H3,(H,19,20). The predicted molar refractivity (Wildman–Crippen MR) is 83.0 cm³/mol. The van der Waals surface area contributed by atoms with Gasteiger partial charge in [-0.15, -0.1) is 0 Å². The van der Waals surface area contributed by atoms with Crippen molar-refractivity contribution in [3.05, 3.63) is 0 Å². The zero-order chi connectivity index (χ0) is 15.4. The van der Waals surface area contributed by atoms with Gasteiger partial charge in [-0.25, -0.2) is 4.79 Å². The zero-order valence-corrected chi connectivity index (χ0v) is 13.8. The maximum Gasteiger partial charge on any atom is 0.408 e. The van der Waals surface area contributed by atoms with Crippen LogP contribution in [0.5, 0.6) is 0 Å². The summed E-state index contributed by atoms with van der Waals surface area (Å²) in [5.41, 5.74) is 6.15. The molecule has 4 nitrogen and oxygen atoms in total. The van der Waals surface area contributed by atoms with Crippen LogP contribution in [0.25, 0.3) is 0 Å². The minimum atomic E-state index is -0.448. The molecule has 0 atom stereocenters. The molecule has 0 aromatic heterocycles. The maximum atomic E-state index is 12.4. The fraction of sp³-hybridized carbons (Fsp3) is 0.941. The molecule has 0 radical (unpaired) electrons. The lowest BCUT2D eigenvalue weighted by Gasteiger charge is -2.48. The van der Waals surface area contributed by atoms with Gasteiger partial charge in [-0.1, -0.05) is 19.3 Å². The summed E-state index contributed by atoms with van der Waals surface area (Å²) < 4.78 is 5.53. The van der Waals surface area contributed by atoms with Crippen molar-refractivity contribution in [2.75, 3.05) is 0 Å². The van der Waals surface area contributed by atoms with Gasteiger partial charge >= 0.3 is 6.09 Å². The Morgan fingerprint density at radius 1 is 1.00 bits per heavy atom. The lowest BCUT2D eigenvalue weighted by atomic mass is 9.66. The van der Waals surface area contributed by atoms with Gasteiger partial charge in [-0.3, -0.25) is 0 Å². The fourth-order valence-corrected chi connectivity index (χ4v) is 4.57. The van der Waals surface area contributed by atoms with Gasteiger partial charge in [-0.2, -0.15) is 0 Å². The first-order valence-corrected chi connectivity index (χ1v) is 8.52. The predicted octanol–water partition coefficient (Wildman–Crippen LogP) is 3.49. The van der Waals surface area contributed by atoms with Crippen LogP contribution in [0.1, 0.15) is 78.6 Å². The first-order chi connectivity index (χ1) is 9.72. The van der Waals surface area contributed by atoms with E-state index in [9.17, 15) is 4.79 Å². The summed E-state index contributed by atoms with van der Waals surface area (Å²) in [6.07, 6.45) is 10.1. The monoisotopic (exact) mass is 294 g/mol. The highest BCUT2D eigenvalue weighted by Gasteiger charge is 2.72. The van der Waals surface area contributed by atoms with Crippen LogP contribution in [-0.2, 0) is 4.74 Å². The van der Waals surface area contributed by atoms with Crippen LogP contribution in [0.2, 0.25) is 0 Å². The van der Waals surface area contributed by atoms with Crippen molar-refractivity contribution in [3.8, 4) is 0 Å². The van der Waals surface area contributed by atoms with E-state index in [1.54, 1.807) is 0 Å². The van der Waals surface area contributed by atoms with E-state index in [1.165, 1.54) is 32.1 Å². The molecular formula is C17H30N2O2. The normalized spacial score (nSPS) is 28.6. The van der Waals surface area contributed by atoms with Crippen molar-refractivity contribution in [2.45, 2.75) is 95.2 Å². The Bertz CT molecular complexity index is 425. The van der Waals surface area contributed by atoms with E-state index in [-0.39, 0.29) is 22.6 Å². The second-order valence-corrected chi connectivity index (χ2v) is 8.51. The molecule has 0 bridgehead atoms. The van der Waals surface area contributed by atoms with Crippen molar-refractivity contribution in [1.82, 2.24) is 5.32 Å². The van der Waals surface area contributed by atoms with Crippen molar-refractivity contribution < 1.29 is 9.53 Å². The molecule has 1 amide bonds. The number of rotatable bonds is 3. The topological polar surface area (TPSA) is 64.3 Å². The van der Waals surface area contributed by atoms with Crippen LogP contribution < -0.4 is 11.1 Å². The van der Waals surface area contributed by atoms with Gasteiger partial charge in [0.05, 0.1) is 5.54 Å².